The molecule has 0 amide bonds. The van der Waals surface area contributed by atoms with Gasteiger partial charge in [0.15, 0.2) is 5.01 Å². The summed E-state index contributed by atoms with van der Waals surface area (Å²) in [4.78, 5) is 0. The summed E-state index contributed by atoms with van der Waals surface area (Å²) in [5, 5.41) is 13.6. The predicted molar refractivity (Wildman–Crippen MR) is 64.5 cm³/mol. The third kappa shape index (κ3) is 2.90. The zero-order valence-corrected chi connectivity index (χ0v) is 10.3. The van der Waals surface area contributed by atoms with Crippen molar-refractivity contribution in [1.82, 2.24) is 15.5 Å². The molecule has 2 aromatic heterocycles. The standard InChI is InChI=1S/C11H15N3OS/c1-8(2)12-5-3-10-13-14-11(16-10)9-4-6-15-7-9/h4,6-8,12H,3,5H2,1-2H3. The van der Waals surface area contributed by atoms with Crippen molar-refractivity contribution < 1.29 is 4.42 Å². The van der Waals surface area contributed by atoms with Crippen LogP contribution in [0.1, 0.15) is 18.9 Å². The molecule has 2 aromatic rings. The van der Waals surface area contributed by atoms with E-state index in [4.69, 9.17) is 4.42 Å². The highest BCUT2D eigenvalue weighted by Gasteiger charge is 2.07. The van der Waals surface area contributed by atoms with E-state index in [9.17, 15) is 0 Å². The number of nitrogens with one attached hydrogen (secondary N) is 1. The molecule has 0 saturated carbocycles. The Labute approximate surface area is 98.7 Å². The Morgan fingerprint density at radius 3 is 3.00 bits per heavy atom. The molecular weight excluding hydrogens is 222 g/mol. The van der Waals surface area contributed by atoms with Crippen molar-refractivity contribution >= 4 is 11.3 Å². The SMILES string of the molecule is CC(C)NCCc1nnc(-c2ccoc2)s1. The monoisotopic (exact) mass is 237 g/mol. The van der Waals surface area contributed by atoms with Crippen molar-refractivity contribution in [1.29, 1.82) is 0 Å². The topological polar surface area (TPSA) is 51.0 Å². The lowest BCUT2D eigenvalue weighted by Gasteiger charge is -2.04. The van der Waals surface area contributed by atoms with E-state index in [1.807, 2.05) is 6.07 Å². The van der Waals surface area contributed by atoms with Gasteiger partial charge in [0.05, 0.1) is 11.8 Å². The van der Waals surface area contributed by atoms with Crippen LogP contribution in [0.25, 0.3) is 10.6 Å². The molecule has 0 aliphatic heterocycles. The molecule has 2 rings (SSSR count). The van der Waals surface area contributed by atoms with Crippen molar-refractivity contribution in [3.8, 4) is 10.6 Å². The first-order valence-corrected chi connectivity index (χ1v) is 6.15. The van der Waals surface area contributed by atoms with Gasteiger partial charge in [-0.3, -0.25) is 0 Å². The highest BCUT2D eigenvalue weighted by molar-refractivity contribution is 7.14. The smallest absolute Gasteiger partial charge is 0.151 e. The summed E-state index contributed by atoms with van der Waals surface area (Å²) in [5.41, 5.74) is 1.00. The number of nitrogens with zero attached hydrogens (tertiary/aromatic N) is 2. The summed E-state index contributed by atoms with van der Waals surface area (Å²) in [7, 11) is 0. The number of furan rings is 1. The lowest BCUT2D eigenvalue weighted by Crippen LogP contribution is -2.24. The second-order valence-electron chi connectivity index (χ2n) is 3.87. The highest BCUT2D eigenvalue weighted by Crippen LogP contribution is 2.23. The molecule has 0 bridgehead atoms. The minimum absolute atomic E-state index is 0.515. The Morgan fingerprint density at radius 1 is 1.44 bits per heavy atom. The number of aromatic nitrogens is 2. The van der Waals surface area contributed by atoms with Crippen LogP contribution in [0.4, 0.5) is 0 Å². The molecule has 0 unspecified atom stereocenters. The average Bonchev–Trinajstić information content (AvgIpc) is 2.85. The largest absolute Gasteiger partial charge is 0.472 e. The molecule has 5 heteroatoms. The summed E-state index contributed by atoms with van der Waals surface area (Å²) in [6, 6.07) is 2.41. The minimum atomic E-state index is 0.515. The molecule has 4 nitrogen and oxygen atoms in total. The van der Waals surface area contributed by atoms with Crippen LogP contribution in [0.15, 0.2) is 23.0 Å². The van der Waals surface area contributed by atoms with Crippen LogP contribution in [-0.4, -0.2) is 22.8 Å². The van der Waals surface area contributed by atoms with Crippen LogP contribution in [0.3, 0.4) is 0 Å². The van der Waals surface area contributed by atoms with Crippen LogP contribution < -0.4 is 5.32 Å². The van der Waals surface area contributed by atoms with E-state index >= 15 is 0 Å². The van der Waals surface area contributed by atoms with Gasteiger partial charge in [-0.15, -0.1) is 10.2 Å². The minimum Gasteiger partial charge on any atom is -0.472 e. The van der Waals surface area contributed by atoms with E-state index in [1.54, 1.807) is 23.9 Å². The van der Waals surface area contributed by atoms with Gasteiger partial charge in [-0.05, 0) is 6.07 Å². The van der Waals surface area contributed by atoms with Gasteiger partial charge in [-0.1, -0.05) is 25.2 Å². The van der Waals surface area contributed by atoms with E-state index < -0.39 is 0 Å². The first-order valence-electron chi connectivity index (χ1n) is 5.34. The lowest BCUT2D eigenvalue weighted by atomic mass is 10.3. The molecule has 1 N–H and O–H groups in total. The molecule has 0 radical (unpaired) electrons. The van der Waals surface area contributed by atoms with Crippen LogP contribution in [0.2, 0.25) is 0 Å². The van der Waals surface area contributed by atoms with Crippen molar-refractivity contribution in [3.63, 3.8) is 0 Å². The zero-order chi connectivity index (χ0) is 11.4. The molecule has 0 aromatic carbocycles. The van der Waals surface area contributed by atoms with Gasteiger partial charge in [-0.2, -0.15) is 0 Å². The molecule has 0 spiro atoms. The Balaban J connectivity index is 1.93. The van der Waals surface area contributed by atoms with E-state index in [1.165, 1.54) is 0 Å². The van der Waals surface area contributed by atoms with Gasteiger partial charge < -0.3 is 9.73 Å². The summed E-state index contributed by atoms with van der Waals surface area (Å²) in [5.74, 6) is 0. The first kappa shape index (κ1) is 11.3. The van der Waals surface area contributed by atoms with E-state index in [0.29, 0.717) is 6.04 Å². The Hall–Kier alpha value is -1.20. The van der Waals surface area contributed by atoms with Gasteiger partial charge in [-0.25, -0.2) is 0 Å². The first-order chi connectivity index (χ1) is 7.75. The predicted octanol–water partition coefficient (Wildman–Crippen LogP) is 2.34. The zero-order valence-electron chi connectivity index (χ0n) is 9.43. The van der Waals surface area contributed by atoms with Gasteiger partial charge in [0.1, 0.15) is 11.3 Å². The van der Waals surface area contributed by atoms with Crippen molar-refractivity contribution in [3.05, 3.63) is 23.6 Å². The van der Waals surface area contributed by atoms with Gasteiger partial charge >= 0.3 is 0 Å². The van der Waals surface area contributed by atoms with Crippen LogP contribution in [0.5, 0.6) is 0 Å². The number of hydrogen-bond donors (Lipinski definition) is 1. The third-order valence-corrected chi connectivity index (χ3v) is 3.16. The molecule has 2 heterocycles. The molecule has 0 fully saturated rings. The Bertz CT molecular complexity index is 422. The lowest BCUT2D eigenvalue weighted by molar-refractivity contribution is 0.568. The molecule has 16 heavy (non-hydrogen) atoms. The van der Waals surface area contributed by atoms with E-state index in [2.05, 4.69) is 29.4 Å². The van der Waals surface area contributed by atoms with Crippen LogP contribution in [-0.2, 0) is 6.42 Å². The maximum absolute atomic E-state index is 5.02. The average molecular weight is 237 g/mol. The quantitative estimate of drug-likeness (QED) is 0.867. The second-order valence-corrected chi connectivity index (χ2v) is 4.93. The third-order valence-electron chi connectivity index (χ3n) is 2.13. The Kier molecular flexibility index (Phi) is 3.69. The normalized spacial score (nSPS) is 11.2. The van der Waals surface area contributed by atoms with Crippen molar-refractivity contribution in [2.45, 2.75) is 26.3 Å². The molecule has 0 atom stereocenters. The van der Waals surface area contributed by atoms with Gasteiger partial charge in [0.25, 0.3) is 0 Å². The Morgan fingerprint density at radius 2 is 2.31 bits per heavy atom. The van der Waals surface area contributed by atoms with Crippen LogP contribution in [0, 0.1) is 0 Å². The summed E-state index contributed by atoms with van der Waals surface area (Å²) in [6.07, 6.45) is 4.26. The second kappa shape index (κ2) is 5.23. The van der Waals surface area contributed by atoms with E-state index in [0.717, 1.165) is 28.5 Å². The fourth-order valence-corrected chi connectivity index (χ4v) is 2.15. The fraction of sp³-hybridized carbons (Fsp3) is 0.455. The molecular formula is C11H15N3OS. The van der Waals surface area contributed by atoms with Gasteiger partial charge in [0, 0.05) is 19.0 Å². The fourth-order valence-electron chi connectivity index (χ4n) is 1.33. The van der Waals surface area contributed by atoms with E-state index in [-0.39, 0.29) is 0 Å². The highest BCUT2D eigenvalue weighted by atomic mass is 32.1. The van der Waals surface area contributed by atoms with Crippen molar-refractivity contribution in [2.75, 3.05) is 6.54 Å². The number of rotatable bonds is 5. The molecule has 86 valence electrons. The summed E-state index contributed by atoms with van der Waals surface area (Å²) < 4.78 is 5.02. The van der Waals surface area contributed by atoms with Crippen molar-refractivity contribution in [2.24, 2.45) is 0 Å². The number of hydrogen-bond acceptors (Lipinski definition) is 5. The van der Waals surface area contributed by atoms with Crippen LogP contribution >= 0.6 is 11.3 Å². The molecule has 0 aliphatic rings. The maximum atomic E-state index is 5.02. The molecule has 0 aliphatic carbocycles. The molecule has 0 saturated heterocycles. The summed E-state index contributed by atoms with van der Waals surface area (Å²) >= 11 is 1.62. The summed E-state index contributed by atoms with van der Waals surface area (Å²) in [6.45, 7) is 5.21. The van der Waals surface area contributed by atoms with Gasteiger partial charge in [0.2, 0.25) is 0 Å². The maximum Gasteiger partial charge on any atom is 0.151 e.